The molecule has 0 amide bonds. The molecule has 7 nitrogen and oxygen atoms in total. The molecule has 0 aliphatic rings. The van der Waals surface area contributed by atoms with E-state index in [0.717, 1.165) is 34.1 Å². The number of rotatable bonds is 7. The third-order valence-corrected chi connectivity index (χ3v) is 4.97. The lowest BCUT2D eigenvalue weighted by Gasteiger charge is -2.15. The number of nitriles is 1. The second kappa shape index (κ2) is 9.28. The molecule has 0 spiro atoms. The molecule has 0 aliphatic carbocycles. The van der Waals surface area contributed by atoms with Gasteiger partial charge in [-0.1, -0.05) is 17.7 Å². The van der Waals surface area contributed by atoms with Crippen LogP contribution in [0, 0.1) is 18.3 Å². The number of hydrogen-bond donors (Lipinski definition) is 2. The second-order valence-corrected chi connectivity index (χ2v) is 7.33. The van der Waals surface area contributed by atoms with Crippen LogP contribution in [-0.4, -0.2) is 32.6 Å². The summed E-state index contributed by atoms with van der Waals surface area (Å²) in [6.07, 6.45) is 6.95. The Bertz CT molecular complexity index is 1210. The standard InChI is InChI=1S/C23H20ClN7/c1-16-12-18(24)3-4-19(16)23-20(31-11-10-26-15-31)5-7-22(30-23)28-9-8-27-21-6-2-17(13-25)14-29-21/h2-7,10-12,14-15H,8-9H2,1H3,(H,27,29)(H,28,30). The molecule has 3 heterocycles. The summed E-state index contributed by atoms with van der Waals surface area (Å²) in [7, 11) is 0. The predicted molar refractivity (Wildman–Crippen MR) is 122 cm³/mol. The molecular weight excluding hydrogens is 410 g/mol. The van der Waals surface area contributed by atoms with E-state index in [1.54, 1.807) is 30.9 Å². The molecular formula is C23H20ClN7. The topological polar surface area (TPSA) is 91.5 Å². The largest absolute Gasteiger partial charge is 0.368 e. The lowest BCUT2D eigenvalue weighted by molar-refractivity contribution is 1.02. The maximum Gasteiger partial charge on any atom is 0.126 e. The normalized spacial score (nSPS) is 10.5. The number of imidazole rings is 1. The fourth-order valence-electron chi connectivity index (χ4n) is 3.20. The highest BCUT2D eigenvalue weighted by Gasteiger charge is 2.13. The molecule has 154 valence electrons. The predicted octanol–water partition coefficient (Wildman–Crippen LogP) is 4.69. The Balaban J connectivity index is 1.51. The molecule has 0 saturated carbocycles. The molecule has 31 heavy (non-hydrogen) atoms. The van der Waals surface area contributed by atoms with Crippen LogP contribution >= 0.6 is 11.6 Å². The maximum absolute atomic E-state index is 8.85. The minimum absolute atomic E-state index is 0.538. The van der Waals surface area contributed by atoms with E-state index in [0.29, 0.717) is 23.7 Å². The summed E-state index contributed by atoms with van der Waals surface area (Å²) in [6.45, 7) is 3.33. The van der Waals surface area contributed by atoms with Crippen molar-refractivity contribution in [2.45, 2.75) is 6.92 Å². The number of halogens is 1. The zero-order chi connectivity index (χ0) is 21.6. The molecule has 2 N–H and O–H groups in total. The van der Waals surface area contributed by atoms with Gasteiger partial charge < -0.3 is 15.2 Å². The fourth-order valence-corrected chi connectivity index (χ4v) is 3.42. The Morgan fingerprint density at radius 1 is 1.06 bits per heavy atom. The van der Waals surface area contributed by atoms with E-state index in [9.17, 15) is 0 Å². The highest BCUT2D eigenvalue weighted by molar-refractivity contribution is 6.30. The highest BCUT2D eigenvalue weighted by atomic mass is 35.5. The SMILES string of the molecule is Cc1cc(Cl)ccc1-c1nc(NCCNc2ccc(C#N)cn2)ccc1-n1ccnc1. The average molecular weight is 430 g/mol. The molecule has 0 aliphatic heterocycles. The van der Waals surface area contributed by atoms with Gasteiger partial charge in [-0.25, -0.2) is 15.0 Å². The van der Waals surface area contributed by atoms with Crippen molar-refractivity contribution in [3.05, 3.63) is 83.5 Å². The first kappa shape index (κ1) is 20.4. The van der Waals surface area contributed by atoms with Crippen LogP contribution in [0.15, 0.2) is 67.4 Å². The molecule has 3 aromatic heterocycles. The molecule has 0 bridgehead atoms. The van der Waals surface area contributed by atoms with Crippen LogP contribution in [0.5, 0.6) is 0 Å². The quantitative estimate of drug-likeness (QED) is 0.414. The molecule has 1 aromatic carbocycles. The number of aromatic nitrogens is 4. The van der Waals surface area contributed by atoms with Gasteiger partial charge in [0, 0.05) is 42.3 Å². The minimum atomic E-state index is 0.538. The summed E-state index contributed by atoms with van der Waals surface area (Å²) in [5, 5.41) is 16.1. The monoisotopic (exact) mass is 429 g/mol. The van der Waals surface area contributed by atoms with Gasteiger partial charge in [-0.05, 0) is 48.9 Å². The zero-order valence-corrected chi connectivity index (χ0v) is 17.6. The molecule has 0 unspecified atom stereocenters. The number of pyridine rings is 2. The van der Waals surface area contributed by atoms with Crippen molar-refractivity contribution in [2.75, 3.05) is 23.7 Å². The summed E-state index contributed by atoms with van der Waals surface area (Å²) >= 11 is 6.15. The van der Waals surface area contributed by atoms with Crippen LogP contribution in [0.2, 0.25) is 5.02 Å². The first-order chi connectivity index (χ1) is 15.1. The number of benzene rings is 1. The van der Waals surface area contributed by atoms with Gasteiger partial charge in [0.2, 0.25) is 0 Å². The molecule has 0 radical (unpaired) electrons. The van der Waals surface area contributed by atoms with E-state index >= 15 is 0 Å². The highest BCUT2D eigenvalue weighted by Crippen LogP contribution is 2.30. The van der Waals surface area contributed by atoms with E-state index in [4.69, 9.17) is 21.8 Å². The summed E-state index contributed by atoms with van der Waals surface area (Å²) in [5.41, 5.74) is 4.38. The smallest absolute Gasteiger partial charge is 0.126 e. The Morgan fingerprint density at radius 2 is 1.87 bits per heavy atom. The van der Waals surface area contributed by atoms with E-state index in [1.165, 1.54) is 0 Å². The average Bonchev–Trinajstić information content (AvgIpc) is 3.32. The minimum Gasteiger partial charge on any atom is -0.368 e. The van der Waals surface area contributed by atoms with Crippen molar-refractivity contribution in [3.8, 4) is 23.0 Å². The van der Waals surface area contributed by atoms with Gasteiger partial charge in [-0.2, -0.15) is 5.26 Å². The number of nitrogens with zero attached hydrogens (tertiary/aromatic N) is 5. The third kappa shape index (κ3) is 4.82. The van der Waals surface area contributed by atoms with Crippen molar-refractivity contribution >= 4 is 23.2 Å². The Hall–Kier alpha value is -3.89. The van der Waals surface area contributed by atoms with Gasteiger partial charge in [0.05, 0.1) is 23.3 Å². The van der Waals surface area contributed by atoms with E-state index in [1.807, 2.05) is 48.0 Å². The van der Waals surface area contributed by atoms with Gasteiger partial charge in [-0.3, -0.25) is 0 Å². The van der Waals surface area contributed by atoms with Gasteiger partial charge in [0.15, 0.2) is 0 Å². The summed E-state index contributed by atoms with van der Waals surface area (Å²) in [5.74, 6) is 1.49. The van der Waals surface area contributed by atoms with Gasteiger partial charge in [-0.15, -0.1) is 0 Å². The Kier molecular flexibility index (Phi) is 6.11. The van der Waals surface area contributed by atoms with Crippen molar-refractivity contribution in [1.82, 2.24) is 19.5 Å². The lowest BCUT2D eigenvalue weighted by Crippen LogP contribution is -2.15. The zero-order valence-electron chi connectivity index (χ0n) is 16.9. The summed E-state index contributed by atoms with van der Waals surface area (Å²) in [6, 6.07) is 15.4. The van der Waals surface area contributed by atoms with Crippen LogP contribution in [-0.2, 0) is 0 Å². The first-order valence-corrected chi connectivity index (χ1v) is 10.1. The molecule has 4 rings (SSSR count). The van der Waals surface area contributed by atoms with E-state index in [2.05, 4.69) is 26.7 Å². The number of aryl methyl sites for hydroxylation is 1. The van der Waals surface area contributed by atoms with Crippen LogP contribution in [0.1, 0.15) is 11.1 Å². The Labute approximate surface area is 185 Å². The van der Waals surface area contributed by atoms with Crippen molar-refractivity contribution in [2.24, 2.45) is 0 Å². The van der Waals surface area contributed by atoms with Crippen molar-refractivity contribution in [3.63, 3.8) is 0 Å². The Morgan fingerprint density at radius 3 is 2.55 bits per heavy atom. The maximum atomic E-state index is 8.85. The molecule has 0 fully saturated rings. The van der Waals surface area contributed by atoms with Crippen molar-refractivity contribution < 1.29 is 0 Å². The number of nitrogens with one attached hydrogen (secondary N) is 2. The van der Waals surface area contributed by atoms with E-state index in [-0.39, 0.29) is 0 Å². The van der Waals surface area contributed by atoms with Crippen LogP contribution < -0.4 is 10.6 Å². The second-order valence-electron chi connectivity index (χ2n) is 6.89. The van der Waals surface area contributed by atoms with Crippen LogP contribution in [0.3, 0.4) is 0 Å². The van der Waals surface area contributed by atoms with Gasteiger partial charge in [0.1, 0.15) is 17.7 Å². The lowest BCUT2D eigenvalue weighted by atomic mass is 10.0. The van der Waals surface area contributed by atoms with Crippen molar-refractivity contribution in [1.29, 1.82) is 5.26 Å². The summed E-state index contributed by atoms with van der Waals surface area (Å²) < 4.78 is 1.94. The molecule has 0 atom stereocenters. The third-order valence-electron chi connectivity index (χ3n) is 4.73. The van der Waals surface area contributed by atoms with Gasteiger partial charge >= 0.3 is 0 Å². The fraction of sp³-hybridized carbons (Fsp3) is 0.130. The molecule has 0 saturated heterocycles. The van der Waals surface area contributed by atoms with Crippen LogP contribution in [0.4, 0.5) is 11.6 Å². The van der Waals surface area contributed by atoms with Crippen LogP contribution in [0.25, 0.3) is 16.9 Å². The van der Waals surface area contributed by atoms with Gasteiger partial charge in [0.25, 0.3) is 0 Å². The molecule has 4 aromatic rings. The number of hydrogen-bond acceptors (Lipinski definition) is 6. The summed E-state index contributed by atoms with van der Waals surface area (Å²) in [4.78, 5) is 13.2. The van der Waals surface area contributed by atoms with E-state index < -0.39 is 0 Å². The number of anilines is 2. The first-order valence-electron chi connectivity index (χ1n) is 9.74. The molecule has 8 heteroatoms.